The zero-order valence-corrected chi connectivity index (χ0v) is 10.6. The molecule has 6 nitrogen and oxygen atoms in total. The molecule has 17 heavy (non-hydrogen) atoms. The van der Waals surface area contributed by atoms with Crippen molar-refractivity contribution < 1.29 is 0 Å². The van der Waals surface area contributed by atoms with Crippen molar-refractivity contribution in [2.45, 2.75) is 33.2 Å². The summed E-state index contributed by atoms with van der Waals surface area (Å²) in [6.07, 6.45) is 1.17. The van der Waals surface area contributed by atoms with Gasteiger partial charge in [-0.1, -0.05) is 6.92 Å². The van der Waals surface area contributed by atoms with Crippen molar-refractivity contribution in [3.8, 4) is 0 Å². The van der Waals surface area contributed by atoms with Crippen LogP contribution in [-0.4, -0.2) is 34.1 Å². The molecule has 0 aromatic carbocycles. The summed E-state index contributed by atoms with van der Waals surface area (Å²) >= 11 is 0. The number of hydrogen-bond acceptors (Lipinski definition) is 6. The first kappa shape index (κ1) is 11.9. The van der Waals surface area contributed by atoms with Crippen molar-refractivity contribution >= 4 is 17.8 Å². The lowest BCUT2D eigenvalue weighted by Crippen LogP contribution is -2.25. The third-order valence-electron chi connectivity index (χ3n) is 3.11. The molecule has 0 radical (unpaired) electrons. The number of nitrogens with zero attached hydrogens (tertiary/aromatic N) is 4. The van der Waals surface area contributed by atoms with E-state index >= 15 is 0 Å². The Kier molecular flexibility index (Phi) is 3.31. The monoisotopic (exact) mass is 236 g/mol. The number of nitrogens with two attached hydrogens (primary N) is 1. The van der Waals surface area contributed by atoms with Crippen LogP contribution >= 0.6 is 0 Å². The summed E-state index contributed by atoms with van der Waals surface area (Å²) in [4.78, 5) is 14.7. The van der Waals surface area contributed by atoms with Crippen LogP contribution in [0.2, 0.25) is 0 Å². The smallest absolute Gasteiger partial charge is 0.231 e. The molecule has 2 atom stereocenters. The molecule has 6 heteroatoms. The molecule has 2 unspecified atom stereocenters. The maximum absolute atomic E-state index is 5.71. The van der Waals surface area contributed by atoms with E-state index in [0.29, 0.717) is 23.9 Å². The van der Waals surface area contributed by atoms with Crippen LogP contribution < -0.4 is 16.0 Å². The van der Waals surface area contributed by atoms with Gasteiger partial charge in [0.15, 0.2) is 0 Å². The second-order valence-corrected chi connectivity index (χ2v) is 4.45. The predicted octanol–water partition coefficient (Wildman–Crippen LogP) is 1.12. The van der Waals surface area contributed by atoms with Gasteiger partial charge in [-0.2, -0.15) is 15.0 Å². The van der Waals surface area contributed by atoms with Crippen LogP contribution in [0.5, 0.6) is 0 Å². The van der Waals surface area contributed by atoms with Crippen LogP contribution in [-0.2, 0) is 0 Å². The number of nitrogen functional groups attached to an aromatic ring is 1. The van der Waals surface area contributed by atoms with Gasteiger partial charge in [0.25, 0.3) is 0 Å². The molecule has 0 amide bonds. The fourth-order valence-electron chi connectivity index (χ4n) is 1.78. The number of hydrogen-bond donors (Lipinski definition) is 2. The average molecular weight is 236 g/mol. The van der Waals surface area contributed by atoms with Crippen molar-refractivity contribution in [1.82, 2.24) is 15.0 Å². The number of nitrogens with one attached hydrogen (secondary N) is 1. The minimum atomic E-state index is 0.276. The molecule has 1 aromatic heterocycles. The summed E-state index contributed by atoms with van der Waals surface area (Å²) in [6, 6.07) is 0.487. The third-order valence-corrected chi connectivity index (χ3v) is 3.11. The lowest BCUT2D eigenvalue weighted by Gasteiger charge is -2.19. The lowest BCUT2D eigenvalue weighted by molar-refractivity contribution is 0.811. The second kappa shape index (κ2) is 4.73. The van der Waals surface area contributed by atoms with E-state index in [2.05, 4.69) is 45.9 Å². The van der Waals surface area contributed by atoms with Crippen LogP contribution in [0.1, 0.15) is 27.2 Å². The van der Waals surface area contributed by atoms with Crippen molar-refractivity contribution in [2.75, 3.05) is 29.0 Å². The molecule has 1 aliphatic rings. The molecule has 0 saturated heterocycles. The molecule has 0 spiro atoms. The molecule has 3 N–H and O–H groups in total. The highest BCUT2D eigenvalue weighted by Crippen LogP contribution is 2.31. The SMILES string of the molecule is CCN(CC)c1nc(N)nc(NC2CC2C)n1. The minimum Gasteiger partial charge on any atom is -0.368 e. The zero-order chi connectivity index (χ0) is 12.4. The van der Waals surface area contributed by atoms with E-state index in [-0.39, 0.29) is 5.95 Å². The van der Waals surface area contributed by atoms with E-state index < -0.39 is 0 Å². The third kappa shape index (κ3) is 2.75. The zero-order valence-electron chi connectivity index (χ0n) is 10.6. The standard InChI is InChI=1S/C11H20N6/c1-4-17(5-2)11-15-9(12)14-10(16-11)13-8-6-7(8)3/h7-8H,4-6H2,1-3H3,(H3,12,13,14,15,16). The van der Waals surface area contributed by atoms with Gasteiger partial charge in [0.1, 0.15) is 0 Å². The maximum atomic E-state index is 5.71. The molecule has 2 rings (SSSR count). The predicted molar refractivity (Wildman–Crippen MR) is 69.0 cm³/mol. The molecular formula is C11H20N6. The Labute approximate surface area is 102 Å². The number of rotatable bonds is 5. The Balaban J connectivity index is 2.16. The Morgan fingerprint density at radius 2 is 1.94 bits per heavy atom. The normalized spacial score (nSPS) is 22.3. The van der Waals surface area contributed by atoms with E-state index in [0.717, 1.165) is 13.1 Å². The van der Waals surface area contributed by atoms with E-state index in [4.69, 9.17) is 5.73 Å². The highest BCUT2D eigenvalue weighted by Gasteiger charge is 2.33. The summed E-state index contributed by atoms with van der Waals surface area (Å²) in [5.41, 5.74) is 5.71. The second-order valence-electron chi connectivity index (χ2n) is 4.45. The average Bonchev–Trinajstić information content (AvgIpc) is 2.95. The largest absolute Gasteiger partial charge is 0.368 e. The van der Waals surface area contributed by atoms with Crippen molar-refractivity contribution in [1.29, 1.82) is 0 Å². The van der Waals surface area contributed by atoms with Gasteiger partial charge in [0.05, 0.1) is 0 Å². The van der Waals surface area contributed by atoms with Crippen molar-refractivity contribution in [3.63, 3.8) is 0 Å². The molecule has 1 saturated carbocycles. The van der Waals surface area contributed by atoms with Crippen molar-refractivity contribution in [3.05, 3.63) is 0 Å². The minimum absolute atomic E-state index is 0.276. The fourth-order valence-corrected chi connectivity index (χ4v) is 1.78. The number of aromatic nitrogens is 3. The van der Waals surface area contributed by atoms with Gasteiger partial charge in [-0.3, -0.25) is 0 Å². The van der Waals surface area contributed by atoms with Gasteiger partial charge >= 0.3 is 0 Å². The summed E-state index contributed by atoms with van der Waals surface area (Å²) < 4.78 is 0. The van der Waals surface area contributed by atoms with E-state index in [1.165, 1.54) is 6.42 Å². The van der Waals surface area contributed by atoms with Crippen LogP contribution in [0.25, 0.3) is 0 Å². The Bertz CT molecular complexity index is 390. The van der Waals surface area contributed by atoms with Crippen LogP contribution in [0.4, 0.5) is 17.8 Å². The maximum Gasteiger partial charge on any atom is 0.231 e. The van der Waals surface area contributed by atoms with Gasteiger partial charge < -0.3 is 16.0 Å². The fraction of sp³-hybridized carbons (Fsp3) is 0.727. The van der Waals surface area contributed by atoms with E-state index in [9.17, 15) is 0 Å². The van der Waals surface area contributed by atoms with E-state index in [1.807, 2.05) is 0 Å². The molecule has 1 aromatic rings. The summed E-state index contributed by atoms with van der Waals surface area (Å²) in [7, 11) is 0. The van der Waals surface area contributed by atoms with E-state index in [1.54, 1.807) is 0 Å². The molecule has 1 heterocycles. The van der Waals surface area contributed by atoms with Gasteiger partial charge in [-0.25, -0.2) is 0 Å². The first-order valence-electron chi connectivity index (χ1n) is 6.17. The molecule has 1 fully saturated rings. The summed E-state index contributed by atoms with van der Waals surface area (Å²) in [5.74, 6) is 2.22. The van der Waals surface area contributed by atoms with Crippen LogP contribution in [0, 0.1) is 5.92 Å². The molecule has 94 valence electrons. The topological polar surface area (TPSA) is 80.0 Å². The van der Waals surface area contributed by atoms with Crippen LogP contribution in [0.3, 0.4) is 0 Å². The van der Waals surface area contributed by atoms with Crippen LogP contribution in [0.15, 0.2) is 0 Å². The van der Waals surface area contributed by atoms with Gasteiger partial charge in [-0.15, -0.1) is 0 Å². The Morgan fingerprint density at radius 1 is 1.29 bits per heavy atom. The van der Waals surface area contributed by atoms with Crippen molar-refractivity contribution in [2.24, 2.45) is 5.92 Å². The Morgan fingerprint density at radius 3 is 2.47 bits per heavy atom. The summed E-state index contributed by atoms with van der Waals surface area (Å²) in [6.45, 7) is 8.06. The highest BCUT2D eigenvalue weighted by atomic mass is 15.3. The van der Waals surface area contributed by atoms with Gasteiger partial charge in [0.2, 0.25) is 17.8 Å². The van der Waals surface area contributed by atoms with Gasteiger partial charge in [0, 0.05) is 19.1 Å². The summed E-state index contributed by atoms with van der Waals surface area (Å²) in [5, 5.41) is 3.28. The first-order chi connectivity index (χ1) is 8.13. The lowest BCUT2D eigenvalue weighted by atomic mass is 10.5. The molecular weight excluding hydrogens is 216 g/mol. The quantitative estimate of drug-likeness (QED) is 0.797. The van der Waals surface area contributed by atoms with Gasteiger partial charge in [-0.05, 0) is 26.2 Å². The molecule has 0 aliphatic heterocycles. The molecule has 0 bridgehead atoms. The highest BCUT2D eigenvalue weighted by molar-refractivity contribution is 5.42. The first-order valence-corrected chi connectivity index (χ1v) is 6.17. The molecule has 1 aliphatic carbocycles. The Hall–Kier alpha value is -1.59. The number of anilines is 3.